The van der Waals surface area contributed by atoms with Crippen LogP contribution in [0.15, 0.2) is 89.8 Å². The molecule has 1 unspecified atom stereocenters. The molecule has 0 heterocycles. The molecular formula is C20H15O3S-. The lowest BCUT2D eigenvalue weighted by Crippen LogP contribution is -2.28. The van der Waals surface area contributed by atoms with Crippen molar-refractivity contribution in [2.75, 3.05) is 0 Å². The van der Waals surface area contributed by atoms with Gasteiger partial charge in [-0.2, -0.15) is 0 Å². The number of benzene rings is 3. The molecule has 0 fully saturated rings. The second kappa shape index (κ2) is 7.70. The highest BCUT2D eigenvalue weighted by Gasteiger charge is 2.15. The number of rotatable bonds is 6. The van der Waals surface area contributed by atoms with E-state index in [1.807, 2.05) is 60.7 Å². The van der Waals surface area contributed by atoms with E-state index in [0.29, 0.717) is 17.1 Å². The standard InChI is InChI=1S/C20H16O3S/c21-20(22)19(24-18-12-5-2-6-13-18)15-8-7-11-17(14-15)23-16-9-3-1-4-10-16/h1-14,19H,(H,21,22)/p-1. The normalized spacial score (nSPS) is 11.7. The molecule has 0 bridgehead atoms. The number of thioether (sulfide) groups is 1. The molecule has 0 aliphatic rings. The van der Waals surface area contributed by atoms with E-state index in [9.17, 15) is 9.90 Å². The first kappa shape index (κ1) is 16.1. The lowest BCUT2D eigenvalue weighted by Gasteiger charge is -2.19. The van der Waals surface area contributed by atoms with Crippen LogP contribution in [0.4, 0.5) is 0 Å². The molecule has 0 radical (unpaired) electrons. The number of carboxylic acids is 1. The lowest BCUT2D eigenvalue weighted by molar-refractivity contribution is -0.305. The Bertz CT molecular complexity index is 803. The van der Waals surface area contributed by atoms with E-state index in [-0.39, 0.29) is 0 Å². The molecule has 1 atom stereocenters. The zero-order valence-electron chi connectivity index (χ0n) is 12.8. The van der Waals surface area contributed by atoms with Gasteiger partial charge < -0.3 is 14.6 Å². The highest BCUT2D eigenvalue weighted by atomic mass is 32.2. The summed E-state index contributed by atoms with van der Waals surface area (Å²) in [7, 11) is 0. The molecule has 0 aliphatic heterocycles. The van der Waals surface area contributed by atoms with Crippen LogP contribution in [0.1, 0.15) is 10.8 Å². The first-order chi connectivity index (χ1) is 11.7. The van der Waals surface area contributed by atoms with Gasteiger partial charge >= 0.3 is 0 Å². The number of hydrogen-bond acceptors (Lipinski definition) is 4. The highest BCUT2D eigenvalue weighted by Crippen LogP contribution is 2.36. The van der Waals surface area contributed by atoms with Crippen molar-refractivity contribution < 1.29 is 14.6 Å². The molecule has 0 aliphatic carbocycles. The highest BCUT2D eigenvalue weighted by molar-refractivity contribution is 8.00. The van der Waals surface area contributed by atoms with Gasteiger partial charge in [0.1, 0.15) is 11.5 Å². The molecule has 120 valence electrons. The Morgan fingerprint density at radius 2 is 1.46 bits per heavy atom. The zero-order valence-corrected chi connectivity index (χ0v) is 13.6. The van der Waals surface area contributed by atoms with Crippen LogP contribution in [-0.2, 0) is 4.79 Å². The minimum atomic E-state index is -1.12. The van der Waals surface area contributed by atoms with Crippen molar-refractivity contribution in [3.63, 3.8) is 0 Å². The van der Waals surface area contributed by atoms with Gasteiger partial charge in [0.15, 0.2) is 0 Å². The Morgan fingerprint density at radius 3 is 2.12 bits per heavy atom. The summed E-state index contributed by atoms with van der Waals surface area (Å²) in [6.45, 7) is 0. The summed E-state index contributed by atoms with van der Waals surface area (Å²) in [4.78, 5) is 12.5. The SMILES string of the molecule is O=C([O-])C(Sc1ccccc1)c1cccc(Oc2ccccc2)c1. The van der Waals surface area contributed by atoms with Gasteiger partial charge in [0.05, 0.1) is 11.2 Å². The number of carbonyl (C=O) groups excluding carboxylic acids is 1. The van der Waals surface area contributed by atoms with Gasteiger partial charge in [0, 0.05) is 4.90 Å². The van der Waals surface area contributed by atoms with Crippen molar-refractivity contribution >= 4 is 17.7 Å². The number of carboxylic acid groups (broad SMARTS) is 1. The predicted molar refractivity (Wildman–Crippen MR) is 93.0 cm³/mol. The van der Waals surface area contributed by atoms with Gasteiger partial charge in [-0.1, -0.05) is 48.5 Å². The maximum atomic E-state index is 11.6. The molecule has 4 heteroatoms. The van der Waals surface area contributed by atoms with Crippen molar-refractivity contribution in [2.24, 2.45) is 0 Å². The summed E-state index contributed by atoms with van der Waals surface area (Å²) in [5.41, 5.74) is 0.636. The maximum Gasteiger partial charge on any atom is 0.127 e. The minimum Gasteiger partial charge on any atom is -0.549 e. The van der Waals surface area contributed by atoms with E-state index in [2.05, 4.69) is 0 Å². The second-order valence-electron chi connectivity index (χ2n) is 5.12. The van der Waals surface area contributed by atoms with Crippen LogP contribution in [0.25, 0.3) is 0 Å². The number of aliphatic carboxylic acids is 1. The topological polar surface area (TPSA) is 49.4 Å². The molecule has 24 heavy (non-hydrogen) atoms. The van der Waals surface area contributed by atoms with Crippen molar-refractivity contribution in [3.05, 3.63) is 90.5 Å². The molecule has 0 amide bonds. The molecule has 0 N–H and O–H groups in total. The largest absolute Gasteiger partial charge is 0.549 e. The average molecular weight is 335 g/mol. The van der Waals surface area contributed by atoms with Crippen LogP contribution >= 0.6 is 11.8 Å². The number of ether oxygens (including phenoxy) is 1. The van der Waals surface area contributed by atoms with Crippen LogP contribution < -0.4 is 9.84 Å². The Morgan fingerprint density at radius 1 is 0.833 bits per heavy atom. The molecule has 0 saturated heterocycles. The number of carbonyl (C=O) groups is 1. The third-order valence-electron chi connectivity index (χ3n) is 3.35. The number of hydrogen-bond donors (Lipinski definition) is 0. The van der Waals surface area contributed by atoms with E-state index in [4.69, 9.17) is 4.74 Å². The first-order valence-electron chi connectivity index (χ1n) is 7.48. The van der Waals surface area contributed by atoms with Crippen molar-refractivity contribution in [1.29, 1.82) is 0 Å². The fraction of sp³-hybridized carbons (Fsp3) is 0.0500. The van der Waals surface area contributed by atoms with Crippen LogP contribution in [0.5, 0.6) is 11.5 Å². The first-order valence-corrected chi connectivity index (χ1v) is 8.36. The van der Waals surface area contributed by atoms with Crippen molar-refractivity contribution in [3.8, 4) is 11.5 Å². The molecule has 3 aromatic carbocycles. The molecule has 0 aromatic heterocycles. The third kappa shape index (κ3) is 4.18. The minimum absolute atomic E-state index is 0.596. The predicted octanol–water partition coefficient (Wildman–Crippen LogP) is 4.06. The van der Waals surface area contributed by atoms with Crippen molar-refractivity contribution in [2.45, 2.75) is 10.1 Å². The van der Waals surface area contributed by atoms with Crippen LogP contribution in [0, 0.1) is 0 Å². The smallest absolute Gasteiger partial charge is 0.127 e. The summed E-state index contributed by atoms with van der Waals surface area (Å²) in [5, 5.41) is 10.8. The van der Waals surface area contributed by atoms with Gasteiger partial charge in [-0.05, 0) is 42.0 Å². The van der Waals surface area contributed by atoms with E-state index < -0.39 is 11.2 Å². The van der Waals surface area contributed by atoms with E-state index in [0.717, 1.165) is 4.90 Å². The fourth-order valence-corrected chi connectivity index (χ4v) is 3.22. The van der Waals surface area contributed by atoms with E-state index in [1.165, 1.54) is 11.8 Å². The monoisotopic (exact) mass is 335 g/mol. The Hall–Kier alpha value is -2.72. The molecular weight excluding hydrogens is 320 g/mol. The Kier molecular flexibility index (Phi) is 5.18. The van der Waals surface area contributed by atoms with Gasteiger partial charge in [-0.25, -0.2) is 0 Å². The summed E-state index contributed by atoms with van der Waals surface area (Å²) in [6.07, 6.45) is 0. The lowest BCUT2D eigenvalue weighted by atomic mass is 10.1. The molecule has 3 rings (SSSR count). The third-order valence-corrected chi connectivity index (χ3v) is 4.60. The van der Waals surface area contributed by atoms with Gasteiger partial charge in [-0.15, -0.1) is 11.8 Å². The Balaban J connectivity index is 1.83. The Labute approximate surface area is 144 Å². The molecule has 0 saturated carbocycles. The summed E-state index contributed by atoms with van der Waals surface area (Å²) < 4.78 is 5.78. The van der Waals surface area contributed by atoms with Crippen LogP contribution in [0.3, 0.4) is 0 Å². The van der Waals surface area contributed by atoms with E-state index in [1.54, 1.807) is 24.3 Å². The van der Waals surface area contributed by atoms with Gasteiger partial charge in [0.2, 0.25) is 0 Å². The molecule has 3 nitrogen and oxygen atoms in total. The number of para-hydroxylation sites is 1. The van der Waals surface area contributed by atoms with Crippen LogP contribution in [0.2, 0.25) is 0 Å². The molecule has 0 spiro atoms. The second-order valence-corrected chi connectivity index (χ2v) is 6.30. The van der Waals surface area contributed by atoms with Crippen LogP contribution in [-0.4, -0.2) is 5.97 Å². The quantitative estimate of drug-likeness (QED) is 0.637. The average Bonchev–Trinajstić information content (AvgIpc) is 2.61. The van der Waals surface area contributed by atoms with Gasteiger partial charge in [-0.3, -0.25) is 0 Å². The summed E-state index contributed by atoms with van der Waals surface area (Å²) in [6, 6.07) is 25.9. The van der Waals surface area contributed by atoms with Crippen molar-refractivity contribution in [1.82, 2.24) is 0 Å². The zero-order chi connectivity index (χ0) is 16.8. The summed E-state index contributed by atoms with van der Waals surface area (Å²) >= 11 is 1.25. The maximum absolute atomic E-state index is 11.6. The van der Waals surface area contributed by atoms with Gasteiger partial charge in [0.25, 0.3) is 0 Å². The van der Waals surface area contributed by atoms with E-state index >= 15 is 0 Å². The fourth-order valence-electron chi connectivity index (χ4n) is 2.25. The summed E-state index contributed by atoms with van der Waals surface area (Å²) in [5.74, 6) is 0.176. The molecule has 3 aromatic rings.